The van der Waals surface area contributed by atoms with Gasteiger partial charge in [-0.25, -0.2) is 0 Å². The van der Waals surface area contributed by atoms with Crippen LogP contribution in [0.25, 0.3) is 0 Å². The van der Waals surface area contributed by atoms with Gasteiger partial charge < -0.3 is 5.21 Å². The van der Waals surface area contributed by atoms with Crippen LogP contribution >= 0.6 is 11.8 Å². The Labute approximate surface area is 72.9 Å². The highest BCUT2D eigenvalue weighted by Gasteiger charge is 2.13. The van der Waals surface area contributed by atoms with E-state index in [-0.39, 0.29) is 0 Å². The van der Waals surface area contributed by atoms with Crippen LogP contribution in [0.5, 0.6) is 0 Å². The highest BCUT2D eigenvalue weighted by Crippen LogP contribution is 2.27. The van der Waals surface area contributed by atoms with Gasteiger partial charge in [0.15, 0.2) is 0 Å². The van der Waals surface area contributed by atoms with E-state index in [2.05, 4.69) is 11.8 Å². The van der Waals surface area contributed by atoms with E-state index in [1.807, 2.05) is 0 Å². The van der Waals surface area contributed by atoms with Crippen LogP contribution in [0.3, 0.4) is 0 Å². The third-order valence-corrected chi connectivity index (χ3v) is 3.52. The third kappa shape index (κ3) is 3.99. The topological polar surface area (TPSA) is 23.5 Å². The van der Waals surface area contributed by atoms with E-state index in [0.29, 0.717) is 0 Å². The van der Waals surface area contributed by atoms with E-state index in [0.717, 1.165) is 18.2 Å². The zero-order chi connectivity index (χ0) is 8.10. The molecule has 0 aromatic rings. The van der Waals surface area contributed by atoms with E-state index in [1.54, 1.807) is 7.05 Å². The Kier molecular flexibility index (Phi) is 4.26. The van der Waals surface area contributed by atoms with Crippen molar-refractivity contribution < 1.29 is 5.21 Å². The number of nitrogens with zero attached hydrogens (tertiary/aromatic N) is 1. The largest absolute Gasteiger partial charge is 0.314 e. The van der Waals surface area contributed by atoms with Crippen molar-refractivity contribution in [3.8, 4) is 0 Å². The highest BCUT2D eigenvalue weighted by molar-refractivity contribution is 7.99. The summed E-state index contributed by atoms with van der Waals surface area (Å²) in [6.07, 6.45) is 5.25. The zero-order valence-electron chi connectivity index (χ0n) is 7.12. The molecule has 0 amide bonds. The normalized spacial score (nSPS) is 25.9. The van der Waals surface area contributed by atoms with Crippen LogP contribution in [0, 0.1) is 0 Å². The van der Waals surface area contributed by atoms with Crippen molar-refractivity contribution in [2.45, 2.75) is 30.9 Å². The molecule has 1 rings (SSSR count). The van der Waals surface area contributed by atoms with Crippen LogP contribution in [0.4, 0.5) is 0 Å². The van der Waals surface area contributed by atoms with Gasteiger partial charge in [0.25, 0.3) is 0 Å². The second-order valence-electron chi connectivity index (χ2n) is 3.16. The van der Waals surface area contributed by atoms with Crippen LogP contribution < -0.4 is 0 Å². The molecule has 0 radical (unpaired) electrons. The van der Waals surface area contributed by atoms with Gasteiger partial charge in [0, 0.05) is 18.8 Å². The molecule has 3 heteroatoms. The van der Waals surface area contributed by atoms with Gasteiger partial charge in [-0.1, -0.05) is 6.42 Å². The van der Waals surface area contributed by atoms with E-state index >= 15 is 0 Å². The summed E-state index contributed by atoms with van der Waals surface area (Å²) in [6, 6.07) is 0. The standard InChI is InChI=1S/C8H17NOS/c1-9(10)6-5-8-4-2-3-7-11-8/h8,10H,2-7H2,1H3. The first-order chi connectivity index (χ1) is 5.29. The molecule has 11 heavy (non-hydrogen) atoms. The zero-order valence-corrected chi connectivity index (χ0v) is 7.94. The van der Waals surface area contributed by atoms with E-state index in [1.165, 1.54) is 30.1 Å². The van der Waals surface area contributed by atoms with Gasteiger partial charge >= 0.3 is 0 Å². The van der Waals surface area contributed by atoms with Gasteiger partial charge in [0.1, 0.15) is 0 Å². The number of hydroxylamine groups is 2. The maximum atomic E-state index is 8.91. The van der Waals surface area contributed by atoms with Crippen molar-refractivity contribution in [2.24, 2.45) is 0 Å². The Morgan fingerprint density at radius 3 is 2.91 bits per heavy atom. The minimum atomic E-state index is 0.804. The molecule has 0 aromatic carbocycles. The van der Waals surface area contributed by atoms with Crippen LogP contribution in [0.2, 0.25) is 0 Å². The van der Waals surface area contributed by atoms with E-state index < -0.39 is 0 Å². The lowest BCUT2D eigenvalue weighted by Crippen LogP contribution is -2.20. The summed E-state index contributed by atoms with van der Waals surface area (Å²) in [6.45, 7) is 0.817. The molecule has 0 aliphatic carbocycles. The molecule has 0 saturated carbocycles. The summed E-state index contributed by atoms with van der Waals surface area (Å²) in [5, 5.41) is 11.0. The van der Waals surface area contributed by atoms with Crippen molar-refractivity contribution in [3.05, 3.63) is 0 Å². The van der Waals surface area contributed by atoms with Crippen molar-refractivity contribution in [1.82, 2.24) is 5.06 Å². The molecule has 1 N–H and O–H groups in total. The van der Waals surface area contributed by atoms with Crippen LogP contribution in [-0.2, 0) is 0 Å². The second kappa shape index (κ2) is 5.01. The second-order valence-corrected chi connectivity index (χ2v) is 4.57. The predicted octanol–water partition coefficient (Wildman–Crippen LogP) is 1.98. The molecule has 0 aromatic heterocycles. The van der Waals surface area contributed by atoms with Gasteiger partial charge in [-0.05, 0) is 25.0 Å². The molecule has 1 aliphatic heterocycles. The van der Waals surface area contributed by atoms with Crippen molar-refractivity contribution in [1.29, 1.82) is 0 Å². The lowest BCUT2D eigenvalue weighted by Gasteiger charge is -2.21. The lowest BCUT2D eigenvalue weighted by molar-refractivity contribution is -0.0653. The van der Waals surface area contributed by atoms with Gasteiger partial charge in [-0.3, -0.25) is 0 Å². The van der Waals surface area contributed by atoms with Gasteiger partial charge in [-0.15, -0.1) is 0 Å². The van der Waals surface area contributed by atoms with E-state index in [9.17, 15) is 0 Å². The molecular formula is C8H17NOS. The molecule has 1 aliphatic rings. The monoisotopic (exact) mass is 175 g/mol. The van der Waals surface area contributed by atoms with Crippen molar-refractivity contribution in [3.63, 3.8) is 0 Å². The molecule has 1 atom stereocenters. The Balaban J connectivity index is 2.05. The summed E-state index contributed by atoms with van der Waals surface area (Å²) >= 11 is 2.07. The molecule has 66 valence electrons. The Morgan fingerprint density at radius 2 is 2.36 bits per heavy atom. The number of rotatable bonds is 3. The molecule has 1 fully saturated rings. The highest BCUT2D eigenvalue weighted by atomic mass is 32.2. The Bertz CT molecular complexity index is 102. The van der Waals surface area contributed by atoms with Crippen LogP contribution in [-0.4, -0.2) is 34.9 Å². The lowest BCUT2D eigenvalue weighted by atomic mass is 10.1. The summed E-state index contributed by atoms with van der Waals surface area (Å²) in [7, 11) is 1.72. The molecule has 1 saturated heterocycles. The molecule has 0 spiro atoms. The van der Waals surface area contributed by atoms with Gasteiger partial charge in [-0.2, -0.15) is 16.8 Å². The molecule has 0 bridgehead atoms. The summed E-state index contributed by atoms with van der Waals surface area (Å²) < 4.78 is 0. The smallest absolute Gasteiger partial charge is 0.0245 e. The third-order valence-electron chi connectivity index (χ3n) is 2.05. The van der Waals surface area contributed by atoms with Crippen molar-refractivity contribution >= 4 is 11.8 Å². The summed E-state index contributed by atoms with van der Waals surface area (Å²) in [4.78, 5) is 0. The number of hydrogen-bond donors (Lipinski definition) is 1. The van der Waals surface area contributed by atoms with Crippen molar-refractivity contribution in [2.75, 3.05) is 19.3 Å². The minimum absolute atomic E-state index is 0.804. The van der Waals surface area contributed by atoms with Gasteiger partial charge in [0.05, 0.1) is 0 Å². The molecule has 1 unspecified atom stereocenters. The Hall–Kier alpha value is 0.270. The first kappa shape index (κ1) is 9.36. The maximum absolute atomic E-state index is 8.91. The predicted molar refractivity (Wildman–Crippen MR) is 49.1 cm³/mol. The number of thioether (sulfide) groups is 1. The SMILES string of the molecule is CN(O)CCC1CCCCS1. The first-order valence-corrected chi connectivity index (χ1v) is 5.35. The molecule has 1 heterocycles. The quantitative estimate of drug-likeness (QED) is 0.663. The maximum Gasteiger partial charge on any atom is 0.0245 e. The fraction of sp³-hybridized carbons (Fsp3) is 1.00. The van der Waals surface area contributed by atoms with Gasteiger partial charge in [0.2, 0.25) is 0 Å². The van der Waals surface area contributed by atoms with Crippen LogP contribution in [0.15, 0.2) is 0 Å². The summed E-state index contributed by atoms with van der Waals surface area (Å²) in [5.41, 5.74) is 0. The fourth-order valence-corrected chi connectivity index (χ4v) is 2.68. The fourth-order valence-electron chi connectivity index (χ4n) is 1.37. The Morgan fingerprint density at radius 1 is 1.55 bits per heavy atom. The van der Waals surface area contributed by atoms with E-state index in [4.69, 9.17) is 5.21 Å². The average molecular weight is 175 g/mol. The number of hydrogen-bond acceptors (Lipinski definition) is 3. The first-order valence-electron chi connectivity index (χ1n) is 4.30. The molecular weight excluding hydrogens is 158 g/mol. The molecule has 2 nitrogen and oxygen atoms in total. The summed E-state index contributed by atoms with van der Waals surface area (Å²) in [5.74, 6) is 1.32. The minimum Gasteiger partial charge on any atom is -0.314 e. The van der Waals surface area contributed by atoms with Crippen LogP contribution in [0.1, 0.15) is 25.7 Å². The average Bonchev–Trinajstić information content (AvgIpc) is 2.03.